The highest BCUT2D eigenvalue weighted by molar-refractivity contribution is 5.93. The smallest absolute Gasteiger partial charge is 0.392 e. The number of ketones is 1. The van der Waals surface area contributed by atoms with Gasteiger partial charge in [-0.1, -0.05) is 6.92 Å². The van der Waals surface area contributed by atoms with Gasteiger partial charge in [-0.05, 0) is 23.8 Å². The second kappa shape index (κ2) is 9.82. The van der Waals surface area contributed by atoms with E-state index in [4.69, 9.17) is 4.74 Å². The lowest BCUT2D eigenvalue weighted by Gasteiger charge is -2.09. The summed E-state index contributed by atoms with van der Waals surface area (Å²) < 4.78 is 41.2. The summed E-state index contributed by atoms with van der Waals surface area (Å²) in [7, 11) is 0. The van der Waals surface area contributed by atoms with Gasteiger partial charge in [0.15, 0.2) is 0 Å². The summed E-state index contributed by atoms with van der Waals surface area (Å²) in [5, 5.41) is 2.71. The third kappa shape index (κ3) is 7.34. The van der Waals surface area contributed by atoms with Crippen molar-refractivity contribution in [3.63, 3.8) is 0 Å². The topological polar surface area (TPSA) is 81.2 Å². The molecule has 2 aromatic heterocycles. The lowest BCUT2D eigenvalue weighted by atomic mass is 10.1. The Bertz CT molecular complexity index is 808. The molecule has 2 aromatic rings. The number of carbonyl (C=O) groups excluding carboxylic acids is 2. The number of rotatable bonds is 9. The lowest BCUT2D eigenvalue weighted by Crippen LogP contribution is -2.23. The number of nitrogens with one attached hydrogen (secondary N) is 1. The van der Waals surface area contributed by atoms with Crippen molar-refractivity contribution < 1.29 is 27.5 Å². The van der Waals surface area contributed by atoms with Crippen LogP contribution in [-0.4, -0.2) is 34.4 Å². The van der Waals surface area contributed by atoms with E-state index >= 15 is 0 Å². The molecule has 0 saturated carbocycles. The van der Waals surface area contributed by atoms with Gasteiger partial charge >= 0.3 is 6.18 Å². The molecule has 6 nitrogen and oxygen atoms in total. The average molecular weight is 395 g/mol. The molecule has 0 aliphatic rings. The standard InChI is InChI=1S/C19H20F3N3O3/c1-2-16(26)10-15-9-13(5-7-23-15)11-25-18(27)14-3-4-17(24-12-14)28-8-6-19(20,21)22/h3-5,7,9,12H,2,6,8,10-11H2,1H3,(H,25,27). The molecule has 28 heavy (non-hydrogen) atoms. The van der Waals surface area contributed by atoms with E-state index in [1.807, 2.05) is 0 Å². The van der Waals surface area contributed by atoms with Crippen molar-refractivity contribution in [2.75, 3.05) is 6.61 Å². The highest BCUT2D eigenvalue weighted by atomic mass is 19.4. The van der Waals surface area contributed by atoms with Crippen molar-refractivity contribution in [3.05, 3.63) is 53.5 Å². The molecule has 0 saturated heterocycles. The van der Waals surface area contributed by atoms with Gasteiger partial charge in [0.25, 0.3) is 5.91 Å². The second-order valence-electron chi connectivity index (χ2n) is 6.01. The van der Waals surface area contributed by atoms with E-state index in [2.05, 4.69) is 15.3 Å². The van der Waals surface area contributed by atoms with Gasteiger partial charge in [-0.15, -0.1) is 0 Å². The van der Waals surface area contributed by atoms with Crippen LogP contribution in [0.2, 0.25) is 0 Å². The van der Waals surface area contributed by atoms with E-state index in [0.29, 0.717) is 12.1 Å². The first kappa shape index (κ1) is 21.3. The minimum absolute atomic E-state index is 0.0140. The molecule has 0 bridgehead atoms. The van der Waals surface area contributed by atoms with Crippen molar-refractivity contribution in [1.29, 1.82) is 0 Å². The van der Waals surface area contributed by atoms with Crippen LogP contribution in [0, 0.1) is 0 Å². The summed E-state index contributed by atoms with van der Waals surface area (Å²) in [6.45, 7) is 1.48. The normalized spacial score (nSPS) is 11.1. The maximum absolute atomic E-state index is 12.2. The molecule has 2 heterocycles. The van der Waals surface area contributed by atoms with Crippen LogP contribution in [0.5, 0.6) is 5.88 Å². The summed E-state index contributed by atoms with van der Waals surface area (Å²) in [4.78, 5) is 31.6. The number of nitrogens with zero attached hydrogens (tertiary/aromatic N) is 2. The van der Waals surface area contributed by atoms with Crippen LogP contribution in [-0.2, 0) is 17.8 Å². The summed E-state index contributed by atoms with van der Waals surface area (Å²) in [6, 6.07) is 6.25. The summed E-state index contributed by atoms with van der Waals surface area (Å²) >= 11 is 0. The summed E-state index contributed by atoms with van der Waals surface area (Å²) in [6.07, 6.45) is -1.88. The minimum Gasteiger partial charge on any atom is -0.477 e. The molecule has 0 fully saturated rings. The molecule has 2 rings (SSSR count). The number of Topliss-reactive ketones (excluding diaryl/α,β-unsaturated/α-hetero) is 1. The number of ether oxygens (including phenoxy) is 1. The van der Waals surface area contributed by atoms with Gasteiger partial charge in [0.1, 0.15) is 5.78 Å². The molecule has 150 valence electrons. The third-order valence-corrected chi connectivity index (χ3v) is 3.74. The molecule has 0 aromatic carbocycles. The Morgan fingerprint density at radius 1 is 1.18 bits per heavy atom. The number of pyridine rings is 2. The fourth-order valence-corrected chi connectivity index (χ4v) is 2.22. The Hall–Kier alpha value is -2.97. The van der Waals surface area contributed by atoms with Gasteiger partial charge < -0.3 is 10.1 Å². The van der Waals surface area contributed by atoms with Crippen molar-refractivity contribution in [2.24, 2.45) is 0 Å². The van der Waals surface area contributed by atoms with Crippen molar-refractivity contribution in [3.8, 4) is 5.88 Å². The van der Waals surface area contributed by atoms with Crippen LogP contribution in [0.25, 0.3) is 0 Å². The van der Waals surface area contributed by atoms with E-state index in [9.17, 15) is 22.8 Å². The largest absolute Gasteiger partial charge is 0.477 e. The fourth-order valence-electron chi connectivity index (χ4n) is 2.22. The van der Waals surface area contributed by atoms with E-state index < -0.39 is 25.1 Å². The zero-order valence-corrected chi connectivity index (χ0v) is 15.3. The first-order valence-corrected chi connectivity index (χ1v) is 8.66. The van der Waals surface area contributed by atoms with Gasteiger partial charge in [0, 0.05) is 43.5 Å². The molecule has 1 amide bonds. The summed E-state index contributed by atoms with van der Waals surface area (Å²) in [5.41, 5.74) is 1.68. The monoisotopic (exact) mass is 395 g/mol. The number of halogens is 3. The molecular weight excluding hydrogens is 375 g/mol. The number of aromatic nitrogens is 2. The first-order chi connectivity index (χ1) is 13.3. The van der Waals surface area contributed by atoms with Crippen LogP contribution in [0.3, 0.4) is 0 Å². The van der Waals surface area contributed by atoms with Crippen LogP contribution in [0.4, 0.5) is 13.2 Å². The zero-order valence-electron chi connectivity index (χ0n) is 15.3. The van der Waals surface area contributed by atoms with Gasteiger partial charge in [0.2, 0.25) is 5.88 Å². The SMILES string of the molecule is CCC(=O)Cc1cc(CNC(=O)c2ccc(OCCC(F)(F)F)nc2)ccn1. The summed E-state index contributed by atoms with van der Waals surface area (Å²) in [5.74, 6) is -0.296. The van der Waals surface area contributed by atoms with E-state index in [1.54, 1.807) is 25.3 Å². The number of hydrogen-bond acceptors (Lipinski definition) is 5. The maximum atomic E-state index is 12.2. The van der Waals surface area contributed by atoms with E-state index in [1.165, 1.54) is 18.3 Å². The highest BCUT2D eigenvalue weighted by Gasteiger charge is 2.26. The molecule has 0 aliphatic carbocycles. The zero-order chi connectivity index (χ0) is 20.6. The van der Waals surface area contributed by atoms with Crippen LogP contribution in [0.15, 0.2) is 36.7 Å². The van der Waals surface area contributed by atoms with E-state index in [0.717, 1.165) is 5.56 Å². The predicted octanol–water partition coefficient (Wildman–Crippen LogP) is 3.26. The molecule has 0 spiro atoms. The van der Waals surface area contributed by atoms with Crippen LogP contribution < -0.4 is 10.1 Å². The number of amides is 1. The lowest BCUT2D eigenvalue weighted by molar-refractivity contribution is -0.139. The Labute approximate surface area is 160 Å². The van der Waals surface area contributed by atoms with Gasteiger partial charge in [0.05, 0.1) is 18.6 Å². The number of carbonyl (C=O) groups is 2. The van der Waals surface area contributed by atoms with Gasteiger partial charge in [-0.3, -0.25) is 14.6 Å². The average Bonchev–Trinajstić information content (AvgIpc) is 2.66. The fraction of sp³-hybridized carbons (Fsp3) is 0.368. The van der Waals surface area contributed by atoms with Crippen LogP contribution in [0.1, 0.15) is 41.4 Å². The number of hydrogen-bond donors (Lipinski definition) is 1. The molecule has 0 unspecified atom stereocenters. The van der Waals surface area contributed by atoms with E-state index in [-0.39, 0.29) is 30.2 Å². The third-order valence-electron chi connectivity index (χ3n) is 3.74. The molecular formula is C19H20F3N3O3. The molecule has 9 heteroatoms. The molecule has 0 aliphatic heterocycles. The van der Waals surface area contributed by atoms with Crippen molar-refractivity contribution in [2.45, 2.75) is 38.9 Å². The Morgan fingerprint density at radius 2 is 1.96 bits per heavy atom. The Morgan fingerprint density at radius 3 is 2.61 bits per heavy atom. The maximum Gasteiger partial charge on any atom is 0.392 e. The molecule has 0 radical (unpaired) electrons. The molecule has 0 atom stereocenters. The Kier molecular flexibility index (Phi) is 7.48. The Balaban J connectivity index is 1.86. The van der Waals surface area contributed by atoms with Crippen molar-refractivity contribution >= 4 is 11.7 Å². The second-order valence-corrected chi connectivity index (χ2v) is 6.01. The quantitative estimate of drug-likeness (QED) is 0.705. The van der Waals surface area contributed by atoms with Crippen LogP contribution >= 0.6 is 0 Å². The van der Waals surface area contributed by atoms with Crippen molar-refractivity contribution in [1.82, 2.24) is 15.3 Å². The highest BCUT2D eigenvalue weighted by Crippen LogP contribution is 2.19. The van der Waals surface area contributed by atoms with Gasteiger partial charge in [-0.2, -0.15) is 13.2 Å². The number of alkyl halides is 3. The minimum atomic E-state index is -4.30. The predicted molar refractivity (Wildman–Crippen MR) is 94.8 cm³/mol. The van der Waals surface area contributed by atoms with Gasteiger partial charge in [-0.25, -0.2) is 4.98 Å². The first-order valence-electron chi connectivity index (χ1n) is 8.66. The molecule has 1 N–H and O–H groups in total.